The molecule has 0 bridgehead atoms. The summed E-state index contributed by atoms with van der Waals surface area (Å²) in [7, 11) is 3.42. The quantitative estimate of drug-likeness (QED) is 0.695. The summed E-state index contributed by atoms with van der Waals surface area (Å²) in [5.41, 5.74) is 4.58. The summed E-state index contributed by atoms with van der Waals surface area (Å²) in [6, 6.07) is 8.51. The van der Waals surface area contributed by atoms with Gasteiger partial charge in [-0.15, -0.1) is 0 Å². The number of methoxy groups -OCH3 is 1. The Bertz CT molecular complexity index is 827. The average molecular weight is 308 g/mol. The Balaban J connectivity index is 1.90. The van der Waals surface area contributed by atoms with E-state index in [1.54, 1.807) is 6.08 Å². The third kappa shape index (κ3) is 2.93. The number of likely N-dealkylation sites (N-methyl/N-ethyl adjacent to an activating group) is 1. The molecule has 1 aromatic heterocycles. The lowest BCUT2D eigenvalue weighted by Gasteiger charge is -2.28. The van der Waals surface area contributed by atoms with Crippen molar-refractivity contribution in [1.29, 1.82) is 0 Å². The van der Waals surface area contributed by atoms with Crippen molar-refractivity contribution in [3.05, 3.63) is 71.6 Å². The van der Waals surface area contributed by atoms with Gasteiger partial charge in [0.05, 0.1) is 13.2 Å². The van der Waals surface area contributed by atoms with Crippen molar-refractivity contribution in [2.24, 2.45) is 0 Å². The number of para-hydroxylation sites is 1. The zero-order valence-corrected chi connectivity index (χ0v) is 13.5. The van der Waals surface area contributed by atoms with Gasteiger partial charge in [-0.3, -0.25) is 0 Å². The molecule has 0 saturated carbocycles. The number of carbonyl (C=O) groups is 1. The molecule has 1 aromatic carbocycles. The van der Waals surface area contributed by atoms with Gasteiger partial charge < -0.3 is 14.6 Å². The Morgan fingerprint density at radius 1 is 1.35 bits per heavy atom. The zero-order chi connectivity index (χ0) is 16.4. The molecule has 0 fully saturated rings. The van der Waals surface area contributed by atoms with Crippen LogP contribution in [0.25, 0.3) is 10.9 Å². The van der Waals surface area contributed by atoms with Gasteiger partial charge >= 0.3 is 5.97 Å². The summed E-state index contributed by atoms with van der Waals surface area (Å²) in [4.78, 5) is 16.8. The Hall–Kier alpha value is -2.75. The van der Waals surface area contributed by atoms with E-state index in [4.69, 9.17) is 0 Å². The number of ether oxygens (including phenoxy) is 1. The van der Waals surface area contributed by atoms with Gasteiger partial charge in [-0.2, -0.15) is 0 Å². The van der Waals surface area contributed by atoms with Gasteiger partial charge in [0.15, 0.2) is 0 Å². The molecule has 0 radical (unpaired) electrons. The molecule has 1 aliphatic heterocycles. The lowest BCUT2D eigenvalue weighted by Crippen LogP contribution is -2.20. The number of allylic oxidation sites excluding steroid dienone is 3. The first-order valence-electron chi connectivity index (χ1n) is 7.55. The van der Waals surface area contributed by atoms with Crippen LogP contribution in [0.5, 0.6) is 0 Å². The number of aryl methyl sites for hydroxylation is 1. The fourth-order valence-electron chi connectivity index (χ4n) is 3.01. The van der Waals surface area contributed by atoms with E-state index in [2.05, 4.69) is 45.8 Å². The molecular formula is C19H20N2O2. The molecule has 23 heavy (non-hydrogen) atoms. The third-order valence-corrected chi connectivity index (χ3v) is 4.11. The Morgan fingerprint density at radius 2 is 2.13 bits per heavy atom. The van der Waals surface area contributed by atoms with E-state index in [1.807, 2.05) is 25.4 Å². The largest absolute Gasteiger partial charge is 0.466 e. The molecule has 0 aliphatic carbocycles. The Morgan fingerprint density at radius 3 is 2.87 bits per heavy atom. The first-order chi connectivity index (χ1) is 11.1. The third-order valence-electron chi connectivity index (χ3n) is 4.11. The Labute approximate surface area is 135 Å². The Kier molecular flexibility index (Phi) is 4.06. The minimum absolute atomic E-state index is 0.168. The minimum atomic E-state index is -0.350. The normalized spacial score (nSPS) is 17.8. The maximum Gasteiger partial charge on any atom is 0.330 e. The van der Waals surface area contributed by atoms with Crippen LogP contribution in [0.1, 0.15) is 17.3 Å². The highest BCUT2D eigenvalue weighted by molar-refractivity contribution is 5.85. The molecule has 2 aromatic rings. The molecule has 118 valence electrons. The summed E-state index contributed by atoms with van der Waals surface area (Å²) >= 11 is 0. The van der Waals surface area contributed by atoms with Crippen LogP contribution in [0.2, 0.25) is 0 Å². The molecule has 3 rings (SSSR count). The fourth-order valence-corrected chi connectivity index (χ4v) is 3.01. The van der Waals surface area contributed by atoms with Gasteiger partial charge in [0.1, 0.15) is 0 Å². The van der Waals surface area contributed by atoms with Crippen LogP contribution in [0.4, 0.5) is 0 Å². The van der Waals surface area contributed by atoms with Crippen molar-refractivity contribution in [1.82, 2.24) is 9.88 Å². The highest BCUT2D eigenvalue weighted by Gasteiger charge is 2.21. The number of aromatic amines is 1. The molecule has 4 heteroatoms. The number of hydrogen-bond donors (Lipinski definition) is 1. The second-order valence-corrected chi connectivity index (χ2v) is 5.66. The topological polar surface area (TPSA) is 45.3 Å². The van der Waals surface area contributed by atoms with Crippen molar-refractivity contribution in [3.8, 4) is 0 Å². The number of nitrogens with zero attached hydrogens (tertiary/aromatic N) is 1. The van der Waals surface area contributed by atoms with Gasteiger partial charge in [-0.05, 0) is 24.6 Å². The number of esters is 1. The monoisotopic (exact) mass is 308 g/mol. The lowest BCUT2D eigenvalue weighted by molar-refractivity contribution is -0.134. The second kappa shape index (κ2) is 6.16. The molecule has 2 heterocycles. The van der Waals surface area contributed by atoms with Gasteiger partial charge in [-0.25, -0.2) is 4.79 Å². The van der Waals surface area contributed by atoms with Crippen LogP contribution in [0.15, 0.2) is 60.3 Å². The van der Waals surface area contributed by atoms with E-state index in [9.17, 15) is 4.79 Å². The van der Waals surface area contributed by atoms with E-state index < -0.39 is 0 Å². The minimum Gasteiger partial charge on any atom is -0.466 e. The van der Waals surface area contributed by atoms with Crippen LogP contribution in [0.3, 0.4) is 0 Å². The second-order valence-electron chi connectivity index (χ2n) is 5.66. The molecular weight excluding hydrogens is 288 g/mol. The molecule has 1 aliphatic rings. The van der Waals surface area contributed by atoms with Crippen LogP contribution < -0.4 is 0 Å². The standard InChI is InChI=1S/C19H20N2O2/c1-13-19(15-6-4-5-7-16(15)20-13)17-10-8-14(12-21(17)2)9-11-18(22)23-3/h4-12,17,20H,1-3H3/b11-9+. The fraction of sp³-hybridized carbons (Fsp3) is 0.211. The summed E-state index contributed by atoms with van der Waals surface area (Å²) in [6.07, 6.45) is 9.41. The molecule has 1 atom stereocenters. The number of rotatable bonds is 3. The van der Waals surface area contributed by atoms with Crippen molar-refractivity contribution in [2.75, 3.05) is 14.2 Å². The molecule has 1 N–H and O–H groups in total. The maximum atomic E-state index is 11.2. The van der Waals surface area contributed by atoms with Gasteiger partial charge in [0.25, 0.3) is 0 Å². The van der Waals surface area contributed by atoms with Gasteiger partial charge in [0, 0.05) is 41.5 Å². The zero-order valence-electron chi connectivity index (χ0n) is 13.5. The highest BCUT2D eigenvalue weighted by Crippen LogP contribution is 2.34. The van der Waals surface area contributed by atoms with Crippen LogP contribution >= 0.6 is 0 Å². The van der Waals surface area contributed by atoms with E-state index in [0.29, 0.717) is 0 Å². The van der Waals surface area contributed by atoms with Gasteiger partial charge in [-0.1, -0.05) is 30.4 Å². The first-order valence-corrected chi connectivity index (χ1v) is 7.55. The number of aromatic nitrogens is 1. The van der Waals surface area contributed by atoms with Gasteiger partial charge in [0.2, 0.25) is 0 Å². The number of fused-ring (bicyclic) bond motifs is 1. The van der Waals surface area contributed by atoms with Crippen molar-refractivity contribution in [2.45, 2.75) is 13.0 Å². The van der Waals surface area contributed by atoms with Crippen LogP contribution in [-0.4, -0.2) is 30.0 Å². The van der Waals surface area contributed by atoms with E-state index >= 15 is 0 Å². The highest BCUT2D eigenvalue weighted by atomic mass is 16.5. The summed E-state index contributed by atoms with van der Waals surface area (Å²) in [6.45, 7) is 2.10. The predicted octanol–water partition coefficient (Wildman–Crippen LogP) is 3.63. The van der Waals surface area contributed by atoms with Crippen molar-refractivity contribution in [3.63, 3.8) is 0 Å². The summed E-state index contributed by atoms with van der Waals surface area (Å²) in [5, 5.41) is 1.24. The first kappa shape index (κ1) is 15.2. The number of benzene rings is 1. The van der Waals surface area contributed by atoms with E-state index in [0.717, 1.165) is 11.1 Å². The molecule has 0 amide bonds. The summed E-state index contributed by atoms with van der Waals surface area (Å²) < 4.78 is 4.62. The number of hydrogen-bond acceptors (Lipinski definition) is 3. The van der Waals surface area contributed by atoms with Crippen molar-refractivity contribution >= 4 is 16.9 Å². The van der Waals surface area contributed by atoms with E-state index in [1.165, 1.54) is 29.8 Å². The maximum absolute atomic E-state index is 11.2. The molecule has 1 unspecified atom stereocenters. The average Bonchev–Trinajstić information content (AvgIpc) is 2.88. The summed E-state index contributed by atoms with van der Waals surface area (Å²) in [5.74, 6) is -0.350. The number of nitrogens with one attached hydrogen (secondary N) is 1. The van der Waals surface area contributed by atoms with E-state index in [-0.39, 0.29) is 12.0 Å². The van der Waals surface area contributed by atoms with Crippen molar-refractivity contribution < 1.29 is 9.53 Å². The SMILES string of the molecule is COC(=O)/C=C/C1=CN(C)C(c2c(C)[nH]c3ccccc23)C=C1. The number of H-pyrrole nitrogens is 1. The predicted molar refractivity (Wildman–Crippen MR) is 91.9 cm³/mol. The molecule has 0 saturated heterocycles. The lowest BCUT2D eigenvalue weighted by atomic mass is 9.98. The molecule has 0 spiro atoms. The smallest absolute Gasteiger partial charge is 0.330 e. The van der Waals surface area contributed by atoms with Crippen LogP contribution in [-0.2, 0) is 9.53 Å². The molecule has 4 nitrogen and oxygen atoms in total. The number of carbonyl (C=O) groups excluding carboxylic acids is 1. The van der Waals surface area contributed by atoms with Crippen LogP contribution in [0, 0.1) is 6.92 Å².